The van der Waals surface area contributed by atoms with Gasteiger partial charge in [0.05, 0.1) is 12.3 Å². The monoisotopic (exact) mass is 574 g/mol. The van der Waals surface area contributed by atoms with E-state index in [0.29, 0.717) is 24.2 Å². The smallest absolute Gasteiger partial charge is 0.276 e. The first-order valence-electron chi connectivity index (χ1n) is 13.9. The summed E-state index contributed by atoms with van der Waals surface area (Å²) in [6.07, 6.45) is 3.07. The van der Waals surface area contributed by atoms with E-state index in [2.05, 4.69) is 31.1 Å². The van der Waals surface area contributed by atoms with Crippen LogP contribution < -0.4 is 15.4 Å². The number of amides is 2. The number of carbonyl (C=O) groups is 2. The number of hydrogen-bond acceptors (Lipinski definition) is 7. The van der Waals surface area contributed by atoms with Crippen LogP contribution in [0.5, 0.6) is 5.75 Å². The lowest BCUT2D eigenvalue weighted by Crippen LogP contribution is -2.52. The lowest BCUT2D eigenvalue weighted by atomic mass is 9.75. The summed E-state index contributed by atoms with van der Waals surface area (Å²) in [4.78, 5) is 27.6. The number of nitrogens with zero attached hydrogens (tertiary/aromatic N) is 3. The van der Waals surface area contributed by atoms with Gasteiger partial charge in [-0.25, -0.2) is 13.4 Å². The molecule has 2 aromatic carbocycles. The summed E-state index contributed by atoms with van der Waals surface area (Å²) in [5, 5.41) is 20.7. The SMILES string of the molecule is Cc1n[nH]c(C)c1-c1ccc(NC(=O)[C@@H](NC(=O)c2nonc2C2CC2)C2c3cc(F)cc(F)c3OCC23CC3)cc1. The normalized spacial score (nSPS) is 19.1. The van der Waals surface area contributed by atoms with E-state index in [1.165, 1.54) is 6.07 Å². The van der Waals surface area contributed by atoms with Crippen molar-refractivity contribution in [3.63, 3.8) is 0 Å². The number of rotatable bonds is 7. The predicted octanol–water partition coefficient (Wildman–Crippen LogP) is 4.93. The highest BCUT2D eigenvalue weighted by Crippen LogP contribution is 2.61. The lowest BCUT2D eigenvalue weighted by molar-refractivity contribution is -0.119. The number of carbonyl (C=O) groups excluding carboxylic acids is 2. The van der Waals surface area contributed by atoms with Crippen LogP contribution in [0.2, 0.25) is 0 Å². The average molecular weight is 575 g/mol. The molecule has 2 fully saturated rings. The quantitative estimate of drug-likeness (QED) is 0.285. The van der Waals surface area contributed by atoms with Crippen molar-refractivity contribution in [1.82, 2.24) is 25.8 Å². The zero-order chi connectivity index (χ0) is 29.2. The highest BCUT2D eigenvalue weighted by Gasteiger charge is 2.58. The third-order valence-corrected chi connectivity index (χ3v) is 8.59. The Morgan fingerprint density at radius 3 is 2.52 bits per heavy atom. The molecule has 1 aliphatic heterocycles. The number of aromatic amines is 1. The Morgan fingerprint density at radius 2 is 1.86 bits per heavy atom. The van der Waals surface area contributed by atoms with Gasteiger partial charge in [-0.3, -0.25) is 14.7 Å². The maximum atomic E-state index is 14.8. The second kappa shape index (κ2) is 9.74. The van der Waals surface area contributed by atoms with Gasteiger partial charge in [-0.1, -0.05) is 17.3 Å². The van der Waals surface area contributed by atoms with Crippen LogP contribution in [-0.2, 0) is 4.79 Å². The van der Waals surface area contributed by atoms with Gasteiger partial charge in [0.15, 0.2) is 17.3 Å². The van der Waals surface area contributed by atoms with Crippen molar-refractivity contribution in [3.05, 3.63) is 76.4 Å². The van der Waals surface area contributed by atoms with E-state index >= 15 is 0 Å². The molecule has 216 valence electrons. The van der Waals surface area contributed by atoms with Gasteiger partial charge in [0.1, 0.15) is 17.6 Å². The molecule has 3 heterocycles. The highest BCUT2D eigenvalue weighted by molar-refractivity contribution is 6.01. The van der Waals surface area contributed by atoms with E-state index in [9.17, 15) is 18.4 Å². The first-order valence-corrected chi connectivity index (χ1v) is 13.9. The molecule has 2 aromatic heterocycles. The Hall–Kier alpha value is -4.61. The predicted molar refractivity (Wildman–Crippen MR) is 146 cm³/mol. The van der Waals surface area contributed by atoms with Crippen LogP contribution in [0.15, 0.2) is 41.0 Å². The maximum absolute atomic E-state index is 14.8. The van der Waals surface area contributed by atoms with Crippen LogP contribution >= 0.6 is 0 Å². The average Bonchev–Trinajstić information content (AvgIpc) is 3.87. The molecular formula is C30H28F2N6O4. The number of ether oxygens (including phenoxy) is 1. The first-order chi connectivity index (χ1) is 20.2. The molecule has 12 heteroatoms. The molecule has 7 rings (SSSR count). The molecule has 4 aromatic rings. The van der Waals surface area contributed by atoms with E-state index < -0.39 is 40.8 Å². The van der Waals surface area contributed by atoms with E-state index in [4.69, 9.17) is 9.37 Å². The second-order valence-electron chi connectivity index (χ2n) is 11.5. The van der Waals surface area contributed by atoms with E-state index in [1.807, 2.05) is 26.0 Å². The summed E-state index contributed by atoms with van der Waals surface area (Å²) >= 11 is 0. The summed E-state index contributed by atoms with van der Waals surface area (Å²) in [7, 11) is 0. The van der Waals surface area contributed by atoms with Crippen LogP contribution in [0, 0.1) is 30.9 Å². The summed E-state index contributed by atoms with van der Waals surface area (Å²) in [5.41, 5.74) is 4.26. The van der Waals surface area contributed by atoms with Crippen LogP contribution in [0.1, 0.15) is 70.7 Å². The molecule has 10 nitrogen and oxygen atoms in total. The van der Waals surface area contributed by atoms with Crippen LogP contribution in [-0.4, -0.2) is 45.0 Å². The maximum Gasteiger partial charge on any atom is 0.276 e. The van der Waals surface area contributed by atoms with Crippen molar-refractivity contribution in [2.75, 3.05) is 11.9 Å². The third-order valence-electron chi connectivity index (χ3n) is 8.59. The lowest BCUT2D eigenvalue weighted by Gasteiger charge is -2.38. The number of benzene rings is 2. The second-order valence-corrected chi connectivity index (χ2v) is 11.5. The molecule has 0 radical (unpaired) electrons. The van der Waals surface area contributed by atoms with Crippen LogP contribution in [0.3, 0.4) is 0 Å². The molecule has 2 amide bonds. The van der Waals surface area contributed by atoms with Gasteiger partial charge in [-0.2, -0.15) is 5.10 Å². The van der Waals surface area contributed by atoms with Crippen LogP contribution in [0.25, 0.3) is 11.1 Å². The van der Waals surface area contributed by atoms with Gasteiger partial charge in [0, 0.05) is 45.8 Å². The molecule has 2 aliphatic carbocycles. The minimum Gasteiger partial charge on any atom is -0.490 e. The van der Waals surface area contributed by atoms with Crippen molar-refractivity contribution in [2.45, 2.75) is 57.4 Å². The third kappa shape index (κ3) is 4.50. The number of aryl methyl sites for hydroxylation is 2. The van der Waals surface area contributed by atoms with Crippen molar-refractivity contribution in [3.8, 4) is 16.9 Å². The number of aromatic nitrogens is 4. The van der Waals surface area contributed by atoms with Crippen molar-refractivity contribution >= 4 is 17.5 Å². The molecule has 42 heavy (non-hydrogen) atoms. The summed E-state index contributed by atoms with van der Waals surface area (Å²) in [5.74, 6) is -3.61. The Bertz CT molecular complexity index is 1690. The minimum atomic E-state index is -1.20. The number of nitrogens with one attached hydrogen (secondary N) is 3. The van der Waals surface area contributed by atoms with Crippen molar-refractivity contribution < 1.29 is 27.7 Å². The molecule has 2 saturated carbocycles. The van der Waals surface area contributed by atoms with Gasteiger partial charge < -0.3 is 15.4 Å². The molecule has 0 saturated heterocycles. The molecule has 3 N–H and O–H groups in total. The van der Waals surface area contributed by atoms with E-state index in [0.717, 1.165) is 41.4 Å². The summed E-state index contributed by atoms with van der Waals surface area (Å²) in [6, 6.07) is 7.99. The molecule has 1 unspecified atom stereocenters. The van der Waals surface area contributed by atoms with Gasteiger partial charge in [0.25, 0.3) is 5.91 Å². The topological polar surface area (TPSA) is 135 Å². The molecule has 1 spiro atoms. The zero-order valence-corrected chi connectivity index (χ0v) is 23.0. The molecular weight excluding hydrogens is 546 g/mol. The fourth-order valence-electron chi connectivity index (χ4n) is 6.15. The van der Waals surface area contributed by atoms with Gasteiger partial charge in [-0.15, -0.1) is 0 Å². The Kier molecular flexibility index (Phi) is 6.10. The molecule has 0 bridgehead atoms. The van der Waals surface area contributed by atoms with Gasteiger partial charge in [-0.05, 0) is 68.4 Å². The van der Waals surface area contributed by atoms with Crippen molar-refractivity contribution in [2.24, 2.45) is 5.41 Å². The summed E-state index contributed by atoms with van der Waals surface area (Å²) < 4.78 is 40.0. The van der Waals surface area contributed by atoms with Gasteiger partial charge >= 0.3 is 0 Å². The van der Waals surface area contributed by atoms with E-state index in [1.54, 1.807) is 12.1 Å². The first kappa shape index (κ1) is 26.3. The Labute approximate surface area is 239 Å². The number of H-pyrrole nitrogens is 1. The number of fused-ring (bicyclic) bond motifs is 1. The molecule has 3 aliphatic rings. The van der Waals surface area contributed by atoms with E-state index in [-0.39, 0.29) is 29.5 Å². The summed E-state index contributed by atoms with van der Waals surface area (Å²) in [6.45, 7) is 3.98. The number of hydrogen-bond donors (Lipinski definition) is 3. The fourth-order valence-corrected chi connectivity index (χ4v) is 6.15. The standard InChI is InChI=1S/C30H28F2N6O4/c1-14-22(15(2)36-35-14)16-5-7-19(8-6-16)33-28(39)25(34-29(40)26-24(17-3-4-17)37-42-38-26)23-20-11-18(31)12-21(32)27(20)41-13-30(23)9-10-30/h5-8,11-12,17,23,25H,3-4,9-10,13H2,1-2H3,(H,33,39)(H,34,40)(H,35,36)/t23?,25-/m0/s1. The number of halogens is 2. The Morgan fingerprint density at radius 1 is 1.10 bits per heavy atom. The minimum absolute atomic E-state index is 0.00746. The zero-order valence-electron chi connectivity index (χ0n) is 23.0. The number of anilines is 1. The van der Waals surface area contributed by atoms with Crippen LogP contribution in [0.4, 0.5) is 14.5 Å². The Balaban J connectivity index is 1.24. The van der Waals surface area contributed by atoms with Crippen molar-refractivity contribution in [1.29, 1.82) is 0 Å². The fraction of sp³-hybridized carbons (Fsp3) is 0.367. The molecule has 2 atom stereocenters. The largest absolute Gasteiger partial charge is 0.490 e. The highest BCUT2D eigenvalue weighted by atomic mass is 19.1. The van der Waals surface area contributed by atoms with Gasteiger partial charge in [0.2, 0.25) is 5.91 Å².